The molecule has 3 rings (SSSR count). The largest absolute Gasteiger partial charge is 0.369 e. The van der Waals surface area contributed by atoms with E-state index in [0.29, 0.717) is 19.5 Å². The monoisotopic (exact) mass is 287 g/mol. The van der Waals surface area contributed by atoms with E-state index in [-0.39, 0.29) is 17.9 Å². The summed E-state index contributed by atoms with van der Waals surface area (Å²) in [5, 5.41) is 3.30. The van der Waals surface area contributed by atoms with Gasteiger partial charge in [0.15, 0.2) is 0 Å². The Bertz CT molecular complexity index is 587. The molecule has 5 nitrogen and oxygen atoms in total. The van der Waals surface area contributed by atoms with E-state index < -0.39 is 5.41 Å². The van der Waals surface area contributed by atoms with Crippen molar-refractivity contribution < 1.29 is 9.59 Å². The Morgan fingerprint density at radius 2 is 2.14 bits per heavy atom. The van der Waals surface area contributed by atoms with Crippen molar-refractivity contribution in [3.8, 4) is 0 Å². The number of primary amides is 1. The molecule has 0 aromatic heterocycles. The second-order valence-electron chi connectivity index (χ2n) is 6.27. The Labute approximate surface area is 124 Å². The van der Waals surface area contributed by atoms with Gasteiger partial charge in [-0.2, -0.15) is 0 Å². The van der Waals surface area contributed by atoms with Crippen LogP contribution in [0.2, 0.25) is 0 Å². The number of hydrogen-bond donors (Lipinski definition) is 2. The number of likely N-dealkylation sites (tertiary alicyclic amines) is 1. The van der Waals surface area contributed by atoms with E-state index in [2.05, 4.69) is 11.4 Å². The van der Waals surface area contributed by atoms with Gasteiger partial charge in [0, 0.05) is 19.6 Å². The van der Waals surface area contributed by atoms with Gasteiger partial charge >= 0.3 is 0 Å². The van der Waals surface area contributed by atoms with Crippen LogP contribution in [0.1, 0.15) is 30.5 Å². The number of hydrogen-bond acceptors (Lipinski definition) is 3. The van der Waals surface area contributed by atoms with Gasteiger partial charge in [0.25, 0.3) is 0 Å². The van der Waals surface area contributed by atoms with Crippen molar-refractivity contribution in [2.24, 2.45) is 11.1 Å². The third-order valence-corrected chi connectivity index (χ3v) is 4.74. The predicted molar refractivity (Wildman–Crippen MR) is 79.4 cm³/mol. The fourth-order valence-corrected chi connectivity index (χ4v) is 3.26. The lowest BCUT2D eigenvalue weighted by Crippen LogP contribution is -2.44. The molecular formula is C16H21N3O2. The van der Waals surface area contributed by atoms with Gasteiger partial charge in [-0.15, -0.1) is 0 Å². The summed E-state index contributed by atoms with van der Waals surface area (Å²) >= 11 is 0. The zero-order valence-corrected chi connectivity index (χ0v) is 12.3. The van der Waals surface area contributed by atoms with E-state index in [1.807, 2.05) is 25.1 Å². The minimum atomic E-state index is -0.593. The quantitative estimate of drug-likeness (QED) is 0.836. The van der Waals surface area contributed by atoms with E-state index in [1.165, 1.54) is 5.56 Å². The maximum atomic E-state index is 12.8. The second-order valence-corrected chi connectivity index (χ2v) is 6.27. The van der Waals surface area contributed by atoms with Crippen molar-refractivity contribution in [1.29, 1.82) is 0 Å². The normalized spacial score (nSPS) is 28.2. The highest BCUT2D eigenvalue weighted by molar-refractivity contribution is 5.87. The van der Waals surface area contributed by atoms with Crippen LogP contribution in [0.25, 0.3) is 0 Å². The van der Waals surface area contributed by atoms with Crippen LogP contribution in [0.15, 0.2) is 24.3 Å². The summed E-state index contributed by atoms with van der Waals surface area (Å²) in [5.74, 6) is -0.276. The summed E-state index contributed by atoms with van der Waals surface area (Å²) < 4.78 is 0. The summed E-state index contributed by atoms with van der Waals surface area (Å²) in [7, 11) is 0. The summed E-state index contributed by atoms with van der Waals surface area (Å²) in [6.07, 6.45) is 1.58. The fourth-order valence-electron chi connectivity index (χ4n) is 3.26. The van der Waals surface area contributed by atoms with Crippen LogP contribution in [0.3, 0.4) is 0 Å². The third-order valence-electron chi connectivity index (χ3n) is 4.74. The number of rotatable bonds is 2. The Hall–Kier alpha value is -1.88. The number of fused-ring (bicyclic) bond motifs is 1. The van der Waals surface area contributed by atoms with Crippen molar-refractivity contribution in [2.45, 2.75) is 25.8 Å². The van der Waals surface area contributed by atoms with E-state index in [9.17, 15) is 9.59 Å². The van der Waals surface area contributed by atoms with Gasteiger partial charge in [-0.05, 0) is 30.9 Å². The molecule has 112 valence electrons. The number of nitrogens with zero attached hydrogens (tertiary/aromatic N) is 1. The van der Waals surface area contributed by atoms with Gasteiger partial charge in [0.2, 0.25) is 11.8 Å². The van der Waals surface area contributed by atoms with Gasteiger partial charge in [-0.3, -0.25) is 9.59 Å². The van der Waals surface area contributed by atoms with Crippen molar-refractivity contribution in [3.63, 3.8) is 0 Å². The summed E-state index contributed by atoms with van der Waals surface area (Å²) in [4.78, 5) is 26.1. The van der Waals surface area contributed by atoms with Gasteiger partial charge in [0.1, 0.15) is 6.04 Å². The first-order valence-electron chi connectivity index (χ1n) is 7.41. The Balaban J connectivity index is 1.80. The van der Waals surface area contributed by atoms with Crippen LogP contribution in [0, 0.1) is 5.41 Å². The minimum Gasteiger partial charge on any atom is -0.369 e. The zero-order valence-electron chi connectivity index (χ0n) is 12.3. The Morgan fingerprint density at radius 3 is 2.86 bits per heavy atom. The Kier molecular flexibility index (Phi) is 3.45. The summed E-state index contributed by atoms with van der Waals surface area (Å²) in [6.45, 7) is 3.65. The number of nitrogens with one attached hydrogen (secondary N) is 1. The minimum absolute atomic E-state index is 0.0483. The fraction of sp³-hybridized carbons (Fsp3) is 0.500. The van der Waals surface area contributed by atoms with Crippen molar-refractivity contribution in [1.82, 2.24) is 10.2 Å². The van der Waals surface area contributed by atoms with Crippen LogP contribution >= 0.6 is 0 Å². The highest BCUT2D eigenvalue weighted by atomic mass is 16.2. The first kappa shape index (κ1) is 14.1. The van der Waals surface area contributed by atoms with Crippen LogP contribution in [0.4, 0.5) is 0 Å². The van der Waals surface area contributed by atoms with E-state index in [4.69, 9.17) is 5.73 Å². The molecule has 0 saturated carbocycles. The molecule has 0 spiro atoms. The second kappa shape index (κ2) is 5.15. The number of amides is 2. The maximum Gasteiger partial charge on any atom is 0.244 e. The van der Waals surface area contributed by atoms with Crippen molar-refractivity contribution in [2.75, 3.05) is 19.6 Å². The molecule has 3 N–H and O–H groups in total. The first-order valence-corrected chi connectivity index (χ1v) is 7.41. The molecular weight excluding hydrogens is 266 g/mol. The predicted octanol–water partition coefficient (Wildman–Crippen LogP) is 0.597. The summed E-state index contributed by atoms with van der Waals surface area (Å²) in [5.41, 5.74) is 7.15. The lowest BCUT2D eigenvalue weighted by atomic mass is 9.89. The number of carbonyl (C=O) groups excluding carboxylic acids is 2. The third kappa shape index (κ3) is 2.42. The average molecular weight is 287 g/mol. The lowest BCUT2D eigenvalue weighted by Gasteiger charge is -2.30. The lowest BCUT2D eigenvalue weighted by molar-refractivity contribution is -0.133. The molecule has 2 atom stereocenters. The van der Waals surface area contributed by atoms with Crippen LogP contribution in [-0.2, 0) is 16.0 Å². The maximum absolute atomic E-state index is 12.8. The molecule has 2 aliphatic rings. The Morgan fingerprint density at radius 1 is 1.38 bits per heavy atom. The SMILES string of the molecule is CC1(C(N)=O)CCN(C(=O)C2NCCc3ccccc32)C1. The molecule has 0 radical (unpaired) electrons. The molecule has 0 aliphatic carbocycles. The number of carbonyl (C=O) groups is 2. The highest BCUT2D eigenvalue weighted by Crippen LogP contribution is 2.32. The van der Waals surface area contributed by atoms with Crippen LogP contribution in [0.5, 0.6) is 0 Å². The van der Waals surface area contributed by atoms with Crippen molar-refractivity contribution in [3.05, 3.63) is 35.4 Å². The zero-order chi connectivity index (χ0) is 15.0. The topological polar surface area (TPSA) is 75.4 Å². The van der Waals surface area contributed by atoms with Crippen LogP contribution in [-0.4, -0.2) is 36.3 Å². The van der Waals surface area contributed by atoms with Gasteiger partial charge in [0.05, 0.1) is 5.41 Å². The molecule has 2 heterocycles. The number of nitrogens with two attached hydrogens (primary N) is 1. The van der Waals surface area contributed by atoms with Gasteiger partial charge in [-0.1, -0.05) is 24.3 Å². The first-order chi connectivity index (χ1) is 10.0. The standard InChI is InChI=1S/C16H21N3O2/c1-16(15(17)21)7-9-19(10-16)14(20)13-12-5-3-2-4-11(12)6-8-18-13/h2-5,13,18H,6-10H2,1H3,(H2,17,21). The molecule has 2 amide bonds. The number of benzene rings is 1. The molecule has 1 saturated heterocycles. The average Bonchev–Trinajstić information content (AvgIpc) is 2.90. The van der Waals surface area contributed by atoms with E-state index in [1.54, 1.807) is 4.90 Å². The van der Waals surface area contributed by atoms with Gasteiger partial charge in [-0.25, -0.2) is 0 Å². The molecule has 1 fully saturated rings. The highest BCUT2D eigenvalue weighted by Gasteiger charge is 2.42. The van der Waals surface area contributed by atoms with E-state index >= 15 is 0 Å². The van der Waals surface area contributed by atoms with E-state index in [0.717, 1.165) is 18.5 Å². The van der Waals surface area contributed by atoms with Gasteiger partial charge < -0.3 is 16.0 Å². The van der Waals surface area contributed by atoms with Crippen LogP contribution < -0.4 is 11.1 Å². The summed E-state index contributed by atoms with van der Waals surface area (Å²) in [6, 6.07) is 7.75. The molecule has 5 heteroatoms. The van der Waals surface area contributed by atoms with Crippen molar-refractivity contribution >= 4 is 11.8 Å². The smallest absolute Gasteiger partial charge is 0.244 e. The molecule has 0 bridgehead atoms. The molecule has 21 heavy (non-hydrogen) atoms. The molecule has 2 unspecified atom stereocenters. The molecule has 1 aromatic rings. The molecule has 1 aromatic carbocycles. The molecule has 2 aliphatic heterocycles.